The third-order valence-electron chi connectivity index (χ3n) is 4.19. The van der Waals surface area contributed by atoms with E-state index in [2.05, 4.69) is 10.1 Å². The van der Waals surface area contributed by atoms with Crippen LogP contribution in [0.4, 0.5) is 0 Å². The van der Waals surface area contributed by atoms with Gasteiger partial charge in [0.05, 0.1) is 10.7 Å². The van der Waals surface area contributed by atoms with Gasteiger partial charge in [0.1, 0.15) is 11.5 Å². The van der Waals surface area contributed by atoms with Crippen LogP contribution in [0, 0.1) is 0 Å². The Morgan fingerprint density at radius 3 is 2.84 bits per heavy atom. The molecule has 1 aliphatic rings. The summed E-state index contributed by atoms with van der Waals surface area (Å²) < 4.78 is 26.4. The highest BCUT2D eigenvalue weighted by Gasteiger charge is 2.31. The molecule has 0 atom stereocenters. The van der Waals surface area contributed by atoms with Gasteiger partial charge in [-0.1, -0.05) is 11.6 Å². The molecule has 1 fully saturated rings. The second kappa shape index (κ2) is 5.69. The van der Waals surface area contributed by atoms with Crippen molar-refractivity contribution < 1.29 is 8.42 Å². The zero-order valence-electron chi connectivity index (χ0n) is 13.4. The van der Waals surface area contributed by atoms with Gasteiger partial charge in [-0.3, -0.25) is 9.25 Å². The van der Waals surface area contributed by atoms with Crippen molar-refractivity contribution in [1.82, 2.24) is 19.3 Å². The van der Waals surface area contributed by atoms with E-state index >= 15 is 0 Å². The predicted molar refractivity (Wildman–Crippen MR) is 97.0 cm³/mol. The van der Waals surface area contributed by atoms with Crippen molar-refractivity contribution >= 4 is 38.7 Å². The van der Waals surface area contributed by atoms with Gasteiger partial charge in [0.25, 0.3) is 0 Å². The molecule has 0 amide bonds. The average molecular weight is 378 g/mol. The summed E-state index contributed by atoms with van der Waals surface area (Å²) in [6.45, 7) is 0. The van der Waals surface area contributed by atoms with Crippen molar-refractivity contribution in [2.45, 2.75) is 18.8 Å². The highest BCUT2D eigenvalue weighted by atomic mass is 35.5. The van der Waals surface area contributed by atoms with Crippen LogP contribution in [0.2, 0.25) is 5.02 Å². The molecule has 9 heteroatoms. The van der Waals surface area contributed by atoms with E-state index in [1.807, 2.05) is 29.9 Å². The molecular formula is C16H16ClN5O2S. The van der Waals surface area contributed by atoms with E-state index in [-0.39, 0.29) is 0 Å². The summed E-state index contributed by atoms with van der Waals surface area (Å²) in [5.41, 5.74) is 2.35. The fourth-order valence-corrected chi connectivity index (χ4v) is 3.48. The van der Waals surface area contributed by atoms with Crippen molar-refractivity contribution in [3.63, 3.8) is 0 Å². The summed E-state index contributed by atoms with van der Waals surface area (Å²) in [7, 11) is -1.90. The third kappa shape index (κ3) is 3.08. The van der Waals surface area contributed by atoms with Crippen molar-refractivity contribution in [3.8, 4) is 5.82 Å². The number of primary sulfonamides is 1. The molecule has 1 saturated carbocycles. The first kappa shape index (κ1) is 16.3. The minimum atomic E-state index is -3.73. The normalized spacial score (nSPS) is 15.5. The number of halogens is 1. The maximum atomic E-state index is 11.4. The number of hydrogen-bond acceptors (Lipinski definition) is 4. The van der Waals surface area contributed by atoms with Gasteiger partial charge in [0.2, 0.25) is 10.0 Å². The summed E-state index contributed by atoms with van der Waals surface area (Å²) in [5.74, 6) is 1.09. The van der Waals surface area contributed by atoms with Gasteiger partial charge in [-0.25, -0.2) is 18.5 Å². The fraction of sp³-hybridized carbons (Fsp3) is 0.250. The van der Waals surface area contributed by atoms with E-state index < -0.39 is 10.0 Å². The van der Waals surface area contributed by atoms with Crippen LogP contribution in [-0.2, 0) is 17.1 Å². The maximum Gasteiger partial charge on any atom is 0.231 e. The van der Waals surface area contributed by atoms with E-state index in [0.29, 0.717) is 10.9 Å². The highest BCUT2D eigenvalue weighted by Crippen LogP contribution is 2.43. The lowest BCUT2D eigenvalue weighted by Crippen LogP contribution is -2.07. The summed E-state index contributed by atoms with van der Waals surface area (Å²) in [6.07, 6.45) is 7.07. The van der Waals surface area contributed by atoms with Gasteiger partial charge in [-0.15, -0.1) is 0 Å². The number of nitrogens with two attached hydrogens (primary N) is 1. The first-order valence-corrected chi connectivity index (χ1v) is 9.73. The number of nitrogens with zero attached hydrogens (tertiary/aromatic N) is 4. The number of rotatable bonds is 4. The molecule has 3 aromatic heterocycles. The number of hydrogen-bond donors (Lipinski definition) is 1. The number of fused-ring (bicyclic) bond motifs is 1. The quantitative estimate of drug-likeness (QED) is 0.755. The van der Waals surface area contributed by atoms with Crippen LogP contribution in [0.5, 0.6) is 0 Å². The molecular weight excluding hydrogens is 362 g/mol. The summed E-state index contributed by atoms with van der Waals surface area (Å²) in [5, 5.41) is 12.2. The largest absolute Gasteiger partial charge is 0.285 e. The van der Waals surface area contributed by atoms with Crippen LogP contribution in [0.3, 0.4) is 0 Å². The Labute approximate surface area is 149 Å². The van der Waals surface area contributed by atoms with Crippen LogP contribution in [0.25, 0.3) is 22.9 Å². The Bertz CT molecular complexity index is 1110. The van der Waals surface area contributed by atoms with E-state index in [4.69, 9.17) is 16.7 Å². The van der Waals surface area contributed by atoms with Crippen LogP contribution < -0.4 is 5.14 Å². The molecule has 0 spiro atoms. The minimum absolute atomic E-state index is 0.351. The topological polar surface area (TPSA) is 95.8 Å². The molecule has 1 aliphatic carbocycles. The van der Waals surface area contributed by atoms with E-state index in [1.165, 1.54) is 6.08 Å². The van der Waals surface area contributed by atoms with Crippen LogP contribution in [0.1, 0.15) is 30.0 Å². The van der Waals surface area contributed by atoms with Gasteiger partial charge >= 0.3 is 0 Å². The summed E-state index contributed by atoms with van der Waals surface area (Å²) >= 11 is 6.01. The van der Waals surface area contributed by atoms with Crippen molar-refractivity contribution in [2.75, 3.05) is 0 Å². The maximum absolute atomic E-state index is 11.4. The second-order valence-corrected chi connectivity index (χ2v) is 8.05. The molecule has 3 aromatic rings. The molecule has 0 saturated heterocycles. The molecule has 130 valence electrons. The average Bonchev–Trinajstić information content (AvgIpc) is 3.21. The molecule has 0 unspecified atom stereocenters. The standard InChI is InChI=1S/C16H16ClN5O2S/c1-21-16(22-6-4-11-8-12(17)9-19-15(11)22)13(5-7-25(18,23)24)14(20-21)10-2-3-10/h4-10H,2-3H2,1H3,(H2,18,23,24). The lowest BCUT2D eigenvalue weighted by molar-refractivity contribution is 0.606. The molecule has 4 rings (SSSR count). The van der Waals surface area contributed by atoms with Crippen LogP contribution in [-0.4, -0.2) is 27.7 Å². The summed E-state index contributed by atoms with van der Waals surface area (Å²) in [4.78, 5) is 4.40. The predicted octanol–water partition coefficient (Wildman–Crippen LogP) is 2.55. The summed E-state index contributed by atoms with van der Waals surface area (Å²) in [6, 6.07) is 3.74. The lowest BCUT2D eigenvalue weighted by Gasteiger charge is -2.07. The molecule has 7 nitrogen and oxygen atoms in total. The Hall–Kier alpha value is -2.16. The number of sulfonamides is 1. The van der Waals surface area contributed by atoms with Gasteiger partial charge in [-0.2, -0.15) is 5.10 Å². The zero-order chi connectivity index (χ0) is 17.8. The van der Waals surface area contributed by atoms with E-state index in [0.717, 1.165) is 46.4 Å². The van der Waals surface area contributed by atoms with Gasteiger partial charge in [0.15, 0.2) is 0 Å². The van der Waals surface area contributed by atoms with E-state index in [1.54, 1.807) is 10.9 Å². The Balaban J connectivity index is 1.95. The molecule has 0 aromatic carbocycles. The molecule has 0 radical (unpaired) electrons. The number of aromatic nitrogens is 4. The first-order chi connectivity index (χ1) is 11.8. The molecule has 3 heterocycles. The Morgan fingerprint density at radius 2 is 2.16 bits per heavy atom. The van der Waals surface area contributed by atoms with Gasteiger partial charge in [0, 0.05) is 41.7 Å². The van der Waals surface area contributed by atoms with Crippen molar-refractivity contribution in [1.29, 1.82) is 0 Å². The van der Waals surface area contributed by atoms with Crippen LogP contribution in [0.15, 0.2) is 29.9 Å². The van der Waals surface area contributed by atoms with Gasteiger partial charge < -0.3 is 0 Å². The van der Waals surface area contributed by atoms with Crippen molar-refractivity contribution in [2.24, 2.45) is 12.2 Å². The molecule has 0 bridgehead atoms. The molecule has 2 N–H and O–H groups in total. The SMILES string of the molecule is Cn1nc(C2CC2)c(C=CS(N)(=O)=O)c1-n1ccc2cc(Cl)cnc21. The smallest absolute Gasteiger partial charge is 0.231 e. The lowest BCUT2D eigenvalue weighted by atomic mass is 10.1. The second-order valence-electron chi connectivity index (χ2n) is 6.16. The third-order valence-corrected chi connectivity index (χ3v) is 4.91. The zero-order valence-corrected chi connectivity index (χ0v) is 15.0. The molecule has 0 aliphatic heterocycles. The minimum Gasteiger partial charge on any atom is -0.285 e. The highest BCUT2D eigenvalue weighted by molar-refractivity contribution is 7.92. The van der Waals surface area contributed by atoms with Crippen LogP contribution >= 0.6 is 11.6 Å². The van der Waals surface area contributed by atoms with Crippen molar-refractivity contribution in [3.05, 3.63) is 46.2 Å². The number of pyridine rings is 1. The van der Waals surface area contributed by atoms with E-state index in [9.17, 15) is 8.42 Å². The Kier molecular flexibility index (Phi) is 3.71. The van der Waals surface area contributed by atoms with Gasteiger partial charge in [-0.05, 0) is 31.1 Å². The number of aryl methyl sites for hydroxylation is 1. The Morgan fingerprint density at radius 1 is 1.40 bits per heavy atom. The first-order valence-electron chi connectivity index (χ1n) is 7.74. The molecule has 25 heavy (non-hydrogen) atoms. The fourth-order valence-electron chi connectivity index (χ4n) is 2.99. The monoisotopic (exact) mass is 377 g/mol.